The van der Waals surface area contributed by atoms with Crippen molar-refractivity contribution in [3.63, 3.8) is 0 Å². The van der Waals surface area contributed by atoms with E-state index in [1.54, 1.807) is 0 Å². The molecule has 0 saturated carbocycles. The zero-order valence-corrected chi connectivity index (χ0v) is 39.3. The van der Waals surface area contributed by atoms with Gasteiger partial charge in [-0.05, 0) is 39.5 Å². The number of nitrogens with two attached hydrogens (primary N) is 2. The number of carboxylic acid groups (broad SMARTS) is 3. The molecule has 0 aliphatic heterocycles. The molecule has 71 heavy (non-hydrogen) atoms. The van der Waals surface area contributed by atoms with Gasteiger partial charge in [0.1, 0.15) is 48.3 Å². The average molecular weight is 1010 g/mol. The number of aromatic nitrogens is 2. The Labute approximate surface area is 404 Å². The fourth-order valence-electron chi connectivity index (χ4n) is 5.96. The highest BCUT2D eigenvalue weighted by Gasteiger charge is 2.34. The summed E-state index contributed by atoms with van der Waals surface area (Å²) in [5.41, 5.74) is 11.2. The van der Waals surface area contributed by atoms with Gasteiger partial charge in [0.15, 0.2) is 0 Å². The Balaban J connectivity index is 3.08. The maximum absolute atomic E-state index is 13.7. The van der Waals surface area contributed by atoms with Gasteiger partial charge in [0.25, 0.3) is 0 Å². The number of aromatic amines is 1. The van der Waals surface area contributed by atoms with Crippen molar-refractivity contribution in [3.05, 3.63) is 18.2 Å². The van der Waals surface area contributed by atoms with E-state index in [0.29, 0.717) is 0 Å². The van der Waals surface area contributed by atoms with Crippen LogP contribution in [0.1, 0.15) is 72.4 Å². The van der Waals surface area contributed by atoms with E-state index >= 15 is 0 Å². The average Bonchev–Trinajstić information content (AvgIpc) is 3.80. The standard InChI is InChI=1S/C40H63N13O18/c1-16(2)30(40(70)71)53-39(69)31(19(5)55)52-27(57)13-44-35(65)24(11-26(42)56)50-37(67)23(10-20-12-43-15-45-20)49-32(62)17(3)47-38(68)25(14-54)51-33(63)18(4)46-36(66)22(7-9-29(60)61)48-34(64)21(41)6-8-28(58)59/h12,15-19,21-25,30-31,54-55H,6-11,13-14,41H2,1-5H3,(H2,42,56)(H,43,45)(H,44,65)(H,46,66)(H,47,68)(H,48,64)(H,49,62)(H,50,67)(H,51,63)(H,52,57)(H,53,69)(H,58,59)(H,60,61)(H,70,71)/t17-,18-,19+,21-,22-,23-,24-,25-,30-,31-/m0/s1. The van der Waals surface area contributed by atoms with Gasteiger partial charge < -0.3 is 89.8 Å². The predicted octanol–water partition coefficient (Wildman–Crippen LogP) is -7.97. The van der Waals surface area contributed by atoms with Crippen molar-refractivity contribution in [3.8, 4) is 0 Å². The second kappa shape index (κ2) is 29.9. The number of carbonyl (C=O) groups is 13. The number of amides is 10. The summed E-state index contributed by atoms with van der Waals surface area (Å²) >= 11 is 0. The SMILES string of the molecule is CC(C)[C@H](NC(=O)[C@@H](NC(=O)CNC(=O)[C@H](CC(N)=O)NC(=O)[C@H](Cc1cnc[nH]1)NC(=O)[C@H](C)NC(=O)[C@H](CO)NC(=O)[C@H](C)NC(=O)[C@H](CCC(=O)O)NC(=O)[C@@H](N)CCC(=O)O)[C@@H](C)O)C(=O)O. The van der Waals surface area contributed by atoms with Crippen LogP contribution in [0.15, 0.2) is 12.5 Å². The Morgan fingerprint density at radius 2 is 1.11 bits per heavy atom. The van der Waals surface area contributed by atoms with Crippen molar-refractivity contribution < 1.29 is 87.9 Å². The number of aliphatic hydroxyl groups is 2. The summed E-state index contributed by atoms with van der Waals surface area (Å²) < 4.78 is 0. The quantitative estimate of drug-likeness (QED) is 0.0319. The van der Waals surface area contributed by atoms with Gasteiger partial charge in [-0.15, -0.1) is 0 Å². The molecule has 0 fully saturated rings. The van der Waals surface area contributed by atoms with E-state index in [2.05, 4.69) is 57.8 Å². The molecule has 31 nitrogen and oxygen atoms in total. The molecule has 0 aliphatic rings. The van der Waals surface area contributed by atoms with Crippen LogP contribution in [0.3, 0.4) is 0 Å². The van der Waals surface area contributed by atoms with Crippen molar-refractivity contribution in [2.75, 3.05) is 13.2 Å². The van der Waals surface area contributed by atoms with E-state index in [4.69, 9.17) is 21.7 Å². The normalized spacial score (nSPS) is 15.2. The number of rotatable bonds is 32. The minimum atomic E-state index is -1.78. The largest absolute Gasteiger partial charge is 0.481 e. The number of H-pyrrole nitrogens is 1. The molecule has 10 amide bonds. The molecular formula is C40H63N13O18. The Bertz CT molecular complexity index is 2090. The number of carbonyl (C=O) groups excluding carboxylic acids is 10. The summed E-state index contributed by atoms with van der Waals surface area (Å²) in [6.45, 7) is 4.47. The molecule has 0 radical (unpaired) electrons. The smallest absolute Gasteiger partial charge is 0.326 e. The third-order valence-corrected chi connectivity index (χ3v) is 9.99. The molecule has 31 heteroatoms. The van der Waals surface area contributed by atoms with Crippen LogP contribution in [0.25, 0.3) is 0 Å². The van der Waals surface area contributed by atoms with Gasteiger partial charge in [0.2, 0.25) is 59.1 Å². The van der Waals surface area contributed by atoms with E-state index in [9.17, 15) is 77.6 Å². The summed E-state index contributed by atoms with van der Waals surface area (Å²) in [6.07, 6.45) is -2.11. The fraction of sp³-hybridized carbons (Fsp3) is 0.600. The van der Waals surface area contributed by atoms with E-state index < -0.39 is 182 Å². The zero-order chi connectivity index (χ0) is 54.3. The summed E-state index contributed by atoms with van der Waals surface area (Å²) in [5, 5.41) is 67.3. The van der Waals surface area contributed by atoms with Crippen LogP contribution in [-0.2, 0) is 68.7 Å². The van der Waals surface area contributed by atoms with Gasteiger partial charge >= 0.3 is 17.9 Å². The number of imidazole rings is 1. The highest BCUT2D eigenvalue weighted by molar-refractivity contribution is 5.99. The van der Waals surface area contributed by atoms with E-state index in [1.807, 2.05) is 0 Å². The lowest BCUT2D eigenvalue weighted by Crippen LogP contribution is -2.60. The van der Waals surface area contributed by atoms with Crippen molar-refractivity contribution in [1.82, 2.24) is 57.8 Å². The lowest BCUT2D eigenvalue weighted by Gasteiger charge is -2.26. The van der Waals surface area contributed by atoms with Gasteiger partial charge in [-0.2, -0.15) is 0 Å². The second-order valence-electron chi connectivity index (χ2n) is 16.4. The lowest BCUT2D eigenvalue weighted by atomic mass is 10.0. The molecule has 0 saturated heterocycles. The number of aliphatic hydroxyl groups excluding tert-OH is 2. The number of hydrogen-bond acceptors (Lipinski definition) is 17. The summed E-state index contributed by atoms with van der Waals surface area (Å²) in [6, 6.07) is -14.2. The molecule has 10 atom stereocenters. The minimum Gasteiger partial charge on any atom is -0.481 e. The first-order valence-electron chi connectivity index (χ1n) is 21.7. The highest BCUT2D eigenvalue weighted by Crippen LogP contribution is 2.06. The van der Waals surface area contributed by atoms with Crippen molar-refractivity contribution >= 4 is 77.0 Å². The fourth-order valence-corrected chi connectivity index (χ4v) is 5.96. The van der Waals surface area contributed by atoms with Gasteiger partial charge in [0, 0.05) is 31.2 Å². The van der Waals surface area contributed by atoms with Gasteiger partial charge in [-0.25, -0.2) is 9.78 Å². The van der Waals surface area contributed by atoms with Crippen molar-refractivity contribution in [2.24, 2.45) is 17.4 Å². The maximum Gasteiger partial charge on any atom is 0.326 e. The monoisotopic (exact) mass is 1010 g/mol. The molecule has 0 unspecified atom stereocenters. The molecule has 1 aromatic rings. The first kappa shape index (κ1) is 61.2. The van der Waals surface area contributed by atoms with Crippen LogP contribution < -0.4 is 59.3 Å². The number of aliphatic carboxylic acids is 3. The van der Waals surface area contributed by atoms with E-state index in [1.165, 1.54) is 26.4 Å². The number of nitrogens with zero attached hydrogens (tertiary/aromatic N) is 1. The van der Waals surface area contributed by atoms with Crippen LogP contribution in [0, 0.1) is 5.92 Å². The number of carboxylic acids is 3. The summed E-state index contributed by atoms with van der Waals surface area (Å²) in [4.78, 5) is 170. The topological polar surface area (TPSA) is 512 Å². The summed E-state index contributed by atoms with van der Waals surface area (Å²) in [7, 11) is 0. The number of hydrogen-bond donors (Lipinski definition) is 17. The van der Waals surface area contributed by atoms with Gasteiger partial charge in [-0.1, -0.05) is 13.8 Å². The second-order valence-corrected chi connectivity index (χ2v) is 16.4. The molecule has 0 spiro atoms. The van der Waals surface area contributed by atoms with Gasteiger partial charge in [0.05, 0.1) is 38.0 Å². The third kappa shape index (κ3) is 22.5. The predicted molar refractivity (Wildman–Crippen MR) is 239 cm³/mol. The van der Waals surface area contributed by atoms with E-state index in [-0.39, 0.29) is 18.5 Å². The Kier molecular flexibility index (Phi) is 25.8. The van der Waals surface area contributed by atoms with Crippen LogP contribution in [-0.4, -0.2) is 186 Å². The van der Waals surface area contributed by atoms with E-state index in [0.717, 1.165) is 20.8 Å². The molecule has 0 aromatic carbocycles. The molecular weight excluding hydrogens is 951 g/mol. The molecule has 19 N–H and O–H groups in total. The van der Waals surface area contributed by atoms with Crippen molar-refractivity contribution in [2.45, 2.75) is 134 Å². The minimum absolute atomic E-state index is 0.258. The first-order chi connectivity index (χ1) is 33.1. The lowest BCUT2D eigenvalue weighted by molar-refractivity contribution is -0.144. The maximum atomic E-state index is 13.7. The Morgan fingerprint density at radius 1 is 0.606 bits per heavy atom. The Morgan fingerprint density at radius 3 is 1.59 bits per heavy atom. The molecule has 1 aromatic heterocycles. The molecule has 0 aliphatic carbocycles. The van der Waals surface area contributed by atoms with Crippen molar-refractivity contribution in [1.29, 1.82) is 0 Å². The van der Waals surface area contributed by atoms with Crippen LogP contribution in [0.4, 0.5) is 0 Å². The molecule has 1 rings (SSSR count). The molecule has 0 bridgehead atoms. The molecule has 396 valence electrons. The Hall–Kier alpha value is -7.80. The highest BCUT2D eigenvalue weighted by atomic mass is 16.4. The first-order valence-corrected chi connectivity index (χ1v) is 21.7. The zero-order valence-electron chi connectivity index (χ0n) is 39.3. The van der Waals surface area contributed by atoms with Crippen LogP contribution >= 0.6 is 0 Å². The van der Waals surface area contributed by atoms with Crippen LogP contribution in [0.5, 0.6) is 0 Å². The third-order valence-electron chi connectivity index (χ3n) is 9.99. The number of primary amides is 1. The summed E-state index contributed by atoms with van der Waals surface area (Å²) in [5.74, 6) is -15.4. The van der Waals surface area contributed by atoms with Crippen LogP contribution in [0.2, 0.25) is 0 Å². The number of nitrogens with one attached hydrogen (secondary N) is 10. The van der Waals surface area contributed by atoms with Gasteiger partial charge in [-0.3, -0.25) is 57.5 Å². The molecule has 1 heterocycles.